The van der Waals surface area contributed by atoms with Gasteiger partial charge in [-0.05, 0) is 35.9 Å². The summed E-state index contributed by atoms with van der Waals surface area (Å²) in [7, 11) is 3.57. The first-order valence-corrected chi connectivity index (χ1v) is 6.35. The zero-order valence-electron chi connectivity index (χ0n) is 9.11. The standard InChI is InChI=1S/C9H14N4S3/c1-10-9(15)13(2)12-8(14)11-6-7-4-3-5-16-7/h3-5H,6H2,1-2H3,(H,10,15)(H2,11,12,14). The second-order valence-corrected chi connectivity index (χ2v) is 4.82. The number of hydrazine groups is 1. The summed E-state index contributed by atoms with van der Waals surface area (Å²) in [5, 5.41) is 10.8. The summed E-state index contributed by atoms with van der Waals surface area (Å²) in [5.41, 5.74) is 2.95. The Balaban J connectivity index is 2.28. The molecule has 0 amide bonds. The molecule has 0 fully saturated rings. The average molecular weight is 274 g/mol. The molecule has 3 N–H and O–H groups in total. The highest BCUT2D eigenvalue weighted by molar-refractivity contribution is 7.80. The molecule has 0 aliphatic rings. The van der Waals surface area contributed by atoms with E-state index in [2.05, 4.69) is 22.1 Å². The maximum absolute atomic E-state index is 5.12. The Bertz CT molecular complexity index is 350. The van der Waals surface area contributed by atoms with Gasteiger partial charge in [0.05, 0.1) is 6.54 Å². The molecule has 0 bridgehead atoms. The number of hydrogen-bond donors (Lipinski definition) is 3. The fraction of sp³-hybridized carbons (Fsp3) is 0.333. The number of hydrogen-bond acceptors (Lipinski definition) is 3. The molecule has 0 aromatic carbocycles. The minimum atomic E-state index is 0.550. The van der Waals surface area contributed by atoms with E-state index in [0.717, 1.165) is 6.54 Å². The summed E-state index contributed by atoms with van der Waals surface area (Å²) in [6, 6.07) is 4.07. The van der Waals surface area contributed by atoms with E-state index >= 15 is 0 Å². The molecular formula is C9H14N4S3. The third kappa shape index (κ3) is 4.30. The molecule has 0 atom stereocenters. The van der Waals surface area contributed by atoms with Gasteiger partial charge in [0.1, 0.15) is 0 Å². The molecule has 0 saturated carbocycles. The number of thiocarbonyl (C=S) groups is 2. The van der Waals surface area contributed by atoms with Crippen LogP contribution in [0.5, 0.6) is 0 Å². The quantitative estimate of drug-likeness (QED) is 0.553. The van der Waals surface area contributed by atoms with Crippen molar-refractivity contribution in [3.8, 4) is 0 Å². The van der Waals surface area contributed by atoms with Crippen LogP contribution in [0.15, 0.2) is 17.5 Å². The number of nitrogens with one attached hydrogen (secondary N) is 3. The molecule has 88 valence electrons. The lowest BCUT2D eigenvalue weighted by Gasteiger charge is -2.22. The summed E-state index contributed by atoms with van der Waals surface area (Å²) < 4.78 is 0. The molecule has 0 aliphatic heterocycles. The van der Waals surface area contributed by atoms with Gasteiger partial charge in [0.15, 0.2) is 10.2 Å². The van der Waals surface area contributed by atoms with Gasteiger partial charge in [0, 0.05) is 19.0 Å². The first kappa shape index (κ1) is 13.1. The average Bonchev–Trinajstić information content (AvgIpc) is 2.78. The van der Waals surface area contributed by atoms with Gasteiger partial charge in [-0.3, -0.25) is 10.4 Å². The molecule has 0 saturated heterocycles. The fourth-order valence-electron chi connectivity index (χ4n) is 0.991. The SMILES string of the molecule is CNC(=S)N(C)NC(=S)NCc1cccs1. The maximum Gasteiger partial charge on any atom is 0.187 e. The largest absolute Gasteiger partial charge is 0.364 e. The van der Waals surface area contributed by atoms with Crippen molar-refractivity contribution >= 4 is 46.0 Å². The Morgan fingerprint density at radius 3 is 2.81 bits per heavy atom. The van der Waals surface area contributed by atoms with E-state index in [9.17, 15) is 0 Å². The van der Waals surface area contributed by atoms with Crippen LogP contribution in [0.1, 0.15) is 4.88 Å². The first-order chi connectivity index (χ1) is 7.63. The van der Waals surface area contributed by atoms with E-state index in [4.69, 9.17) is 24.4 Å². The molecule has 16 heavy (non-hydrogen) atoms. The molecular weight excluding hydrogens is 260 g/mol. The Morgan fingerprint density at radius 1 is 1.50 bits per heavy atom. The van der Waals surface area contributed by atoms with Crippen molar-refractivity contribution in [3.63, 3.8) is 0 Å². The Kier molecular flexibility index (Phi) is 5.44. The van der Waals surface area contributed by atoms with Crippen LogP contribution in [-0.4, -0.2) is 29.3 Å². The minimum absolute atomic E-state index is 0.550. The molecule has 7 heteroatoms. The molecule has 0 spiro atoms. The van der Waals surface area contributed by atoms with Crippen LogP contribution in [0.3, 0.4) is 0 Å². The molecule has 0 radical (unpaired) electrons. The van der Waals surface area contributed by atoms with Gasteiger partial charge in [-0.2, -0.15) is 0 Å². The van der Waals surface area contributed by atoms with Crippen LogP contribution in [0, 0.1) is 0 Å². The Hall–Kier alpha value is -0.920. The monoisotopic (exact) mass is 274 g/mol. The van der Waals surface area contributed by atoms with Crippen molar-refractivity contribution < 1.29 is 0 Å². The number of thiophene rings is 1. The molecule has 1 heterocycles. The molecule has 0 unspecified atom stereocenters. The molecule has 4 nitrogen and oxygen atoms in total. The number of rotatable bonds is 2. The highest BCUT2D eigenvalue weighted by Gasteiger charge is 2.03. The zero-order valence-corrected chi connectivity index (χ0v) is 11.6. The molecule has 1 aromatic rings. The molecule has 0 aliphatic carbocycles. The summed E-state index contributed by atoms with van der Waals surface area (Å²) in [6.07, 6.45) is 0. The summed E-state index contributed by atoms with van der Waals surface area (Å²) in [5.74, 6) is 0. The van der Waals surface area contributed by atoms with Gasteiger partial charge in [-0.25, -0.2) is 0 Å². The topological polar surface area (TPSA) is 39.3 Å². The highest BCUT2D eigenvalue weighted by Crippen LogP contribution is 2.06. The second-order valence-electron chi connectivity index (χ2n) is 2.99. The zero-order chi connectivity index (χ0) is 12.0. The van der Waals surface area contributed by atoms with Crippen LogP contribution >= 0.6 is 35.8 Å². The van der Waals surface area contributed by atoms with Crippen LogP contribution in [-0.2, 0) is 6.54 Å². The normalized spacial score (nSPS) is 9.38. The van der Waals surface area contributed by atoms with E-state index in [-0.39, 0.29) is 0 Å². The lowest BCUT2D eigenvalue weighted by atomic mass is 10.5. The van der Waals surface area contributed by atoms with Crippen LogP contribution < -0.4 is 16.1 Å². The predicted molar refractivity (Wildman–Crippen MR) is 76.3 cm³/mol. The predicted octanol–water partition coefficient (Wildman–Crippen LogP) is 1.06. The van der Waals surface area contributed by atoms with E-state index < -0.39 is 0 Å². The molecule has 1 rings (SSSR count). The van der Waals surface area contributed by atoms with E-state index in [1.54, 1.807) is 30.4 Å². The van der Waals surface area contributed by atoms with Crippen molar-refractivity contribution in [2.24, 2.45) is 0 Å². The van der Waals surface area contributed by atoms with Crippen LogP contribution in [0.25, 0.3) is 0 Å². The van der Waals surface area contributed by atoms with Gasteiger partial charge in [0.25, 0.3) is 0 Å². The third-order valence-electron chi connectivity index (χ3n) is 1.79. The van der Waals surface area contributed by atoms with Gasteiger partial charge >= 0.3 is 0 Å². The first-order valence-electron chi connectivity index (χ1n) is 4.65. The van der Waals surface area contributed by atoms with Crippen molar-refractivity contribution in [2.75, 3.05) is 14.1 Å². The summed E-state index contributed by atoms with van der Waals surface area (Å²) in [6.45, 7) is 0.726. The van der Waals surface area contributed by atoms with E-state index in [1.807, 2.05) is 11.4 Å². The summed E-state index contributed by atoms with van der Waals surface area (Å²) >= 11 is 11.8. The van der Waals surface area contributed by atoms with Crippen molar-refractivity contribution in [3.05, 3.63) is 22.4 Å². The second kappa shape index (κ2) is 6.62. The highest BCUT2D eigenvalue weighted by atomic mass is 32.1. The van der Waals surface area contributed by atoms with Crippen molar-refractivity contribution in [1.82, 2.24) is 21.1 Å². The summed E-state index contributed by atoms with van der Waals surface area (Å²) in [4.78, 5) is 1.24. The van der Waals surface area contributed by atoms with E-state index in [0.29, 0.717) is 10.2 Å². The Morgan fingerprint density at radius 2 is 2.25 bits per heavy atom. The molecule has 1 aromatic heterocycles. The lowest BCUT2D eigenvalue weighted by Crippen LogP contribution is -2.50. The van der Waals surface area contributed by atoms with Gasteiger partial charge in [-0.1, -0.05) is 6.07 Å². The van der Waals surface area contributed by atoms with Crippen molar-refractivity contribution in [2.45, 2.75) is 6.54 Å². The third-order valence-corrected chi connectivity index (χ3v) is 3.38. The maximum atomic E-state index is 5.12. The van der Waals surface area contributed by atoms with Crippen LogP contribution in [0.4, 0.5) is 0 Å². The fourth-order valence-corrected chi connectivity index (χ4v) is 1.89. The van der Waals surface area contributed by atoms with Crippen LogP contribution in [0.2, 0.25) is 0 Å². The lowest BCUT2D eigenvalue weighted by molar-refractivity contribution is 0.447. The smallest absolute Gasteiger partial charge is 0.187 e. The van der Waals surface area contributed by atoms with E-state index in [1.165, 1.54) is 4.88 Å². The minimum Gasteiger partial charge on any atom is -0.364 e. The van der Waals surface area contributed by atoms with Crippen molar-refractivity contribution in [1.29, 1.82) is 0 Å². The van der Waals surface area contributed by atoms with Gasteiger partial charge in [-0.15, -0.1) is 11.3 Å². The number of nitrogens with zero attached hydrogens (tertiary/aromatic N) is 1. The Labute approximate surface area is 110 Å². The van der Waals surface area contributed by atoms with Gasteiger partial charge < -0.3 is 10.6 Å². The van der Waals surface area contributed by atoms with Gasteiger partial charge in [0.2, 0.25) is 0 Å².